The average molecular weight is 407 g/mol. The molecular weight excluding hydrogens is 388 g/mol. The van der Waals surface area contributed by atoms with Crippen molar-refractivity contribution < 1.29 is 13.6 Å². The summed E-state index contributed by atoms with van der Waals surface area (Å²) in [6, 6.07) is 12.6. The number of carbonyl (C=O) groups is 1. The van der Waals surface area contributed by atoms with Gasteiger partial charge in [-0.05, 0) is 36.4 Å². The first-order valence-corrected chi connectivity index (χ1v) is 9.39. The van der Waals surface area contributed by atoms with Crippen molar-refractivity contribution in [3.8, 4) is 0 Å². The third-order valence-corrected chi connectivity index (χ3v) is 4.79. The van der Waals surface area contributed by atoms with Crippen molar-refractivity contribution >= 4 is 28.2 Å². The summed E-state index contributed by atoms with van der Waals surface area (Å²) in [7, 11) is 0. The van der Waals surface area contributed by atoms with E-state index >= 15 is 0 Å². The summed E-state index contributed by atoms with van der Waals surface area (Å²) in [6.45, 7) is 2.31. The lowest BCUT2D eigenvalue weighted by Crippen LogP contribution is -2.16. The highest BCUT2D eigenvalue weighted by Crippen LogP contribution is 2.23. The van der Waals surface area contributed by atoms with Gasteiger partial charge in [-0.1, -0.05) is 13.0 Å². The molecule has 6 nitrogen and oxygen atoms in total. The van der Waals surface area contributed by atoms with Crippen molar-refractivity contribution in [2.45, 2.75) is 12.8 Å². The van der Waals surface area contributed by atoms with Crippen molar-refractivity contribution in [2.75, 3.05) is 17.2 Å². The summed E-state index contributed by atoms with van der Waals surface area (Å²) in [5.74, 6) is -2.38. The number of nitrogens with one attached hydrogen (secondary N) is 3. The number of aromatic amines is 1. The third-order valence-electron chi connectivity index (χ3n) is 4.79. The standard InChI is InChI=1S/C22H19F2N5O/c1-13(19-4-2-3-7-25-19)11-26-21-9-16(17(23)10-18(21)24)22(30)28-15-6-5-14-12-27-29-20(14)8-15/h2-10,12-13,26H,11H2,1H3,(H,27,29)(H,28,30). The Kier molecular flexibility index (Phi) is 5.38. The van der Waals surface area contributed by atoms with Gasteiger partial charge in [-0.25, -0.2) is 8.78 Å². The summed E-state index contributed by atoms with van der Waals surface area (Å²) < 4.78 is 28.5. The van der Waals surface area contributed by atoms with Crippen molar-refractivity contribution in [1.29, 1.82) is 0 Å². The van der Waals surface area contributed by atoms with E-state index in [1.54, 1.807) is 30.6 Å². The van der Waals surface area contributed by atoms with Crippen LogP contribution in [-0.4, -0.2) is 27.6 Å². The zero-order chi connectivity index (χ0) is 21.1. The number of aromatic nitrogens is 3. The van der Waals surface area contributed by atoms with Crippen molar-refractivity contribution in [2.24, 2.45) is 0 Å². The highest BCUT2D eigenvalue weighted by molar-refractivity contribution is 6.05. The summed E-state index contributed by atoms with van der Waals surface area (Å²) in [5.41, 5.74) is 1.85. The fourth-order valence-corrected chi connectivity index (χ4v) is 3.11. The van der Waals surface area contributed by atoms with Crippen LogP contribution in [0.5, 0.6) is 0 Å². The number of hydrogen-bond acceptors (Lipinski definition) is 4. The van der Waals surface area contributed by atoms with E-state index in [-0.39, 0.29) is 17.2 Å². The predicted octanol–water partition coefficient (Wildman–Crippen LogP) is 4.70. The Hall–Kier alpha value is -3.81. The van der Waals surface area contributed by atoms with Crippen LogP contribution in [0.1, 0.15) is 28.9 Å². The first-order valence-electron chi connectivity index (χ1n) is 9.39. The number of anilines is 2. The van der Waals surface area contributed by atoms with Crippen molar-refractivity contribution in [3.05, 3.63) is 83.8 Å². The molecule has 0 radical (unpaired) electrons. The second kappa shape index (κ2) is 8.28. The second-order valence-corrected chi connectivity index (χ2v) is 6.97. The molecule has 0 aliphatic carbocycles. The molecule has 0 fully saturated rings. The monoisotopic (exact) mass is 407 g/mol. The number of pyridine rings is 1. The number of nitrogens with zero attached hydrogens (tertiary/aromatic N) is 2. The lowest BCUT2D eigenvalue weighted by molar-refractivity contribution is 0.102. The molecule has 4 rings (SSSR count). The molecule has 2 aromatic carbocycles. The van der Waals surface area contributed by atoms with Gasteiger partial charge in [0.2, 0.25) is 0 Å². The van der Waals surface area contributed by atoms with Gasteiger partial charge in [0.25, 0.3) is 5.91 Å². The molecule has 0 saturated heterocycles. The number of hydrogen-bond donors (Lipinski definition) is 3. The van der Waals surface area contributed by atoms with E-state index in [2.05, 4.69) is 25.8 Å². The van der Waals surface area contributed by atoms with Crippen LogP contribution in [0, 0.1) is 11.6 Å². The minimum atomic E-state index is -0.934. The third kappa shape index (κ3) is 4.12. The van der Waals surface area contributed by atoms with Crippen LogP contribution in [0.3, 0.4) is 0 Å². The molecule has 8 heteroatoms. The molecule has 4 aromatic rings. The molecule has 2 heterocycles. The van der Waals surface area contributed by atoms with E-state index in [4.69, 9.17) is 0 Å². The first-order chi connectivity index (χ1) is 14.5. The van der Waals surface area contributed by atoms with E-state index in [1.807, 2.05) is 25.1 Å². The number of rotatable bonds is 6. The molecule has 1 amide bonds. The number of benzene rings is 2. The lowest BCUT2D eigenvalue weighted by Gasteiger charge is -2.15. The summed E-state index contributed by atoms with van der Waals surface area (Å²) in [6.07, 6.45) is 3.35. The van der Waals surface area contributed by atoms with Crippen LogP contribution in [-0.2, 0) is 0 Å². The summed E-state index contributed by atoms with van der Waals surface area (Å²) in [4.78, 5) is 16.9. The molecule has 0 aliphatic heterocycles. The van der Waals surface area contributed by atoms with E-state index in [0.29, 0.717) is 18.3 Å². The van der Waals surface area contributed by atoms with E-state index in [1.165, 1.54) is 6.07 Å². The molecule has 0 bridgehead atoms. The van der Waals surface area contributed by atoms with Gasteiger partial charge >= 0.3 is 0 Å². The molecule has 3 N–H and O–H groups in total. The van der Waals surface area contributed by atoms with Gasteiger partial charge in [0, 0.05) is 41.5 Å². The summed E-state index contributed by atoms with van der Waals surface area (Å²) in [5, 5.41) is 13.2. The van der Waals surface area contributed by atoms with Gasteiger partial charge in [-0.2, -0.15) is 5.10 Å². The Labute approximate surface area is 171 Å². The lowest BCUT2D eigenvalue weighted by atomic mass is 10.1. The normalized spacial score (nSPS) is 12.0. The van der Waals surface area contributed by atoms with Gasteiger partial charge < -0.3 is 10.6 Å². The Bertz CT molecular complexity index is 1190. The maximum absolute atomic E-state index is 14.3. The topological polar surface area (TPSA) is 82.7 Å². The largest absolute Gasteiger partial charge is 0.382 e. The number of halogens is 2. The SMILES string of the molecule is CC(CNc1cc(C(=O)Nc2ccc3cn[nH]c3c2)c(F)cc1F)c1ccccn1. The van der Waals surface area contributed by atoms with Crippen LogP contribution in [0.25, 0.3) is 10.9 Å². The van der Waals surface area contributed by atoms with Crippen molar-refractivity contribution in [1.82, 2.24) is 15.2 Å². The summed E-state index contributed by atoms with van der Waals surface area (Å²) >= 11 is 0. The van der Waals surface area contributed by atoms with Crippen LogP contribution >= 0.6 is 0 Å². The van der Waals surface area contributed by atoms with Gasteiger partial charge in [0.1, 0.15) is 11.6 Å². The molecular formula is C22H19F2N5O. The molecule has 30 heavy (non-hydrogen) atoms. The van der Waals surface area contributed by atoms with E-state index in [9.17, 15) is 13.6 Å². The molecule has 1 unspecified atom stereocenters. The fraction of sp³-hybridized carbons (Fsp3) is 0.136. The van der Waals surface area contributed by atoms with Crippen LogP contribution in [0.15, 0.2) is 60.9 Å². The predicted molar refractivity (Wildman–Crippen MR) is 112 cm³/mol. The zero-order valence-corrected chi connectivity index (χ0v) is 16.1. The smallest absolute Gasteiger partial charge is 0.258 e. The maximum atomic E-state index is 14.3. The molecule has 0 spiro atoms. The average Bonchev–Trinajstić information content (AvgIpc) is 3.21. The van der Waals surface area contributed by atoms with Gasteiger partial charge in [0.05, 0.1) is 23.0 Å². The zero-order valence-electron chi connectivity index (χ0n) is 16.1. The Morgan fingerprint density at radius 1 is 1.13 bits per heavy atom. The highest BCUT2D eigenvalue weighted by Gasteiger charge is 2.17. The molecule has 0 aliphatic rings. The number of amides is 1. The Morgan fingerprint density at radius 2 is 2.00 bits per heavy atom. The van der Waals surface area contributed by atoms with Gasteiger partial charge in [-0.15, -0.1) is 0 Å². The van der Waals surface area contributed by atoms with Crippen LogP contribution in [0.2, 0.25) is 0 Å². The molecule has 2 aromatic heterocycles. The maximum Gasteiger partial charge on any atom is 0.258 e. The number of carbonyl (C=O) groups excluding carboxylic acids is 1. The van der Waals surface area contributed by atoms with Crippen LogP contribution < -0.4 is 10.6 Å². The first kappa shape index (κ1) is 19.5. The number of H-pyrrole nitrogens is 1. The van der Waals surface area contributed by atoms with E-state index in [0.717, 1.165) is 16.6 Å². The molecule has 152 valence electrons. The quantitative estimate of drug-likeness (QED) is 0.433. The highest BCUT2D eigenvalue weighted by atomic mass is 19.1. The minimum absolute atomic E-state index is 0.00550. The second-order valence-electron chi connectivity index (χ2n) is 6.97. The molecule has 1 atom stereocenters. The van der Waals surface area contributed by atoms with Gasteiger partial charge in [-0.3, -0.25) is 14.9 Å². The van der Waals surface area contributed by atoms with Crippen molar-refractivity contribution in [3.63, 3.8) is 0 Å². The Balaban J connectivity index is 1.50. The minimum Gasteiger partial charge on any atom is -0.382 e. The number of fused-ring (bicyclic) bond motifs is 1. The Morgan fingerprint density at radius 3 is 2.80 bits per heavy atom. The van der Waals surface area contributed by atoms with Crippen LogP contribution in [0.4, 0.5) is 20.2 Å². The fourth-order valence-electron chi connectivity index (χ4n) is 3.11. The van der Waals surface area contributed by atoms with Gasteiger partial charge in [0.15, 0.2) is 0 Å². The van der Waals surface area contributed by atoms with E-state index < -0.39 is 17.5 Å². The molecule has 0 saturated carbocycles.